The van der Waals surface area contributed by atoms with Crippen LogP contribution in [0, 0.1) is 13.8 Å². The first kappa shape index (κ1) is 13.4. The first-order chi connectivity index (χ1) is 10.1. The fraction of sp³-hybridized carbons (Fsp3) is 0.176. The summed E-state index contributed by atoms with van der Waals surface area (Å²) in [4.78, 5) is 19.3. The number of rotatable bonds is 3. The molecule has 0 amide bonds. The third kappa shape index (κ3) is 2.65. The van der Waals surface area contributed by atoms with Crippen LogP contribution in [-0.2, 0) is 6.54 Å². The molecule has 0 aliphatic heterocycles. The van der Waals surface area contributed by atoms with Gasteiger partial charge in [0.05, 0.1) is 17.4 Å². The van der Waals surface area contributed by atoms with E-state index in [1.54, 1.807) is 6.07 Å². The number of anilines is 1. The van der Waals surface area contributed by atoms with Gasteiger partial charge in [-0.25, -0.2) is 4.98 Å². The average molecular weight is 279 g/mol. The number of hydrogen-bond donors (Lipinski definition) is 2. The lowest BCUT2D eigenvalue weighted by molar-refractivity contribution is 0.951. The van der Waals surface area contributed by atoms with Crippen LogP contribution >= 0.6 is 0 Å². The molecule has 4 nitrogen and oxygen atoms in total. The highest BCUT2D eigenvalue weighted by Crippen LogP contribution is 2.18. The van der Waals surface area contributed by atoms with Crippen molar-refractivity contribution in [2.24, 2.45) is 0 Å². The summed E-state index contributed by atoms with van der Waals surface area (Å²) in [5.41, 5.74) is 4.13. The van der Waals surface area contributed by atoms with Gasteiger partial charge in [-0.2, -0.15) is 0 Å². The minimum absolute atomic E-state index is 0.0987. The topological polar surface area (TPSA) is 57.8 Å². The van der Waals surface area contributed by atoms with Crippen molar-refractivity contribution in [3.8, 4) is 0 Å². The maximum absolute atomic E-state index is 12.0. The Labute approximate surface area is 122 Å². The van der Waals surface area contributed by atoms with Crippen molar-refractivity contribution in [2.45, 2.75) is 20.4 Å². The zero-order valence-corrected chi connectivity index (χ0v) is 12.1. The summed E-state index contributed by atoms with van der Waals surface area (Å²) in [5.74, 6) is 0.639. The number of aromatic amines is 1. The molecule has 0 fully saturated rings. The summed E-state index contributed by atoms with van der Waals surface area (Å²) in [7, 11) is 0. The van der Waals surface area contributed by atoms with E-state index in [1.807, 2.05) is 30.3 Å². The number of hydrogen-bond acceptors (Lipinski definition) is 3. The van der Waals surface area contributed by atoms with Gasteiger partial charge < -0.3 is 10.3 Å². The number of aryl methyl sites for hydroxylation is 1. The van der Waals surface area contributed by atoms with Crippen LogP contribution in [0.25, 0.3) is 10.9 Å². The van der Waals surface area contributed by atoms with Crippen molar-refractivity contribution in [1.29, 1.82) is 0 Å². The van der Waals surface area contributed by atoms with Crippen LogP contribution in [0.15, 0.2) is 47.3 Å². The molecule has 0 radical (unpaired) electrons. The van der Waals surface area contributed by atoms with Crippen molar-refractivity contribution < 1.29 is 0 Å². The van der Waals surface area contributed by atoms with Crippen molar-refractivity contribution in [2.75, 3.05) is 5.32 Å². The van der Waals surface area contributed by atoms with Crippen LogP contribution in [0.1, 0.15) is 17.0 Å². The van der Waals surface area contributed by atoms with Crippen molar-refractivity contribution in [1.82, 2.24) is 9.97 Å². The molecule has 0 spiro atoms. The van der Waals surface area contributed by atoms with Gasteiger partial charge in [-0.05, 0) is 43.2 Å². The van der Waals surface area contributed by atoms with E-state index in [0.717, 1.165) is 11.2 Å². The molecule has 1 aromatic heterocycles. The molecule has 0 atom stereocenters. The molecule has 106 valence electrons. The second kappa shape index (κ2) is 5.40. The summed E-state index contributed by atoms with van der Waals surface area (Å²) in [5, 5.41) is 3.95. The second-order valence-corrected chi connectivity index (χ2v) is 5.13. The lowest BCUT2D eigenvalue weighted by atomic mass is 10.1. The lowest BCUT2D eigenvalue weighted by Gasteiger charge is -2.11. The first-order valence-corrected chi connectivity index (χ1v) is 6.93. The molecule has 3 aromatic rings. The number of fused-ring (bicyclic) bond motifs is 1. The summed E-state index contributed by atoms with van der Waals surface area (Å²) in [6, 6.07) is 13.5. The van der Waals surface area contributed by atoms with E-state index >= 15 is 0 Å². The number of benzene rings is 2. The maximum Gasteiger partial charge on any atom is 0.258 e. The van der Waals surface area contributed by atoms with Crippen molar-refractivity contribution in [3.05, 3.63) is 69.8 Å². The summed E-state index contributed by atoms with van der Waals surface area (Å²) in [6.45, 7) is 4.65. The summed E-state index contributed by atoms with van der Waals surface area (Å²) in [6.07, 6.45) is 0. The quantitative estimate of drug-likeness (QED) is 0.774. The number of nitrogens with one attached hydrogen (secondary N) is 2. The van der Waals surface area contributed by atoms with E-state index < -0.39 is 0 Å². The van der Waals surface area contributed by atoms with Crippen molar-refractivity contribution >= 4 is 16.6 Å². The largest absolute Gasteiger partial charge is 0.378 e. The SMILES string of the molecule is Cc1cccc(NCc2nc3ccccc3c(=O)[nH]2)c1C. The highest BCUT2D eigenvalue weighted by Gasteiger charge is 2.04. The van der Waals surface area contributed by atoms with Gasteiger partial charge in [0.15, 0.2) is 0 Å². The number of para-hydroxylation sites is 1. The fourth-order valence-corrected chi connectivity index (χ4v) is 2.34. The van der Waals surface area contributed by atoms with Gasteiger partial charge in [0, 0.05) is 5.69 Å². The zero-order valence-electron chi connectivity index (χ0n) is 12.1. The molecule has 0 aliphatic rings. The van der Waals surface area contributed by atoms with E-state index in [-0.39, 0.29) is 5.56 Å². The Hall–Kier alpha value is -2.62. The molecule has 2 N–H and O–H groups in total. The highest BCUT2D eigenvalue weighted by molar-refractivity contribution is 5.77. The lowest BCUT2D eigenvalue weighted by Crippen LogP contribution is -2.14. The Morgan fingerprint density at radius 1 is 1.10 bits per heavy atom. The van der Waals surface area contributed by atoms with Gasteiger partial charge in [-0.1, -0.05) is 24.3 Å². The third-order valence-corrected chi connectivity index (χ3v) is 3.71. The van der Waals surface area contributed by atoms with E-state index in [1.165, 1.54) is 11.1 Å². The molecule has 4 heteroatoms. The standard InChI is InChI=1S/C17H17N3O/c1-11-6-5-9-14(12(11)2)18-10-16-19-15-8-4-3-7-13(15)17(21)20-16/h3-9,18H,10H2,1-2H3,(H,19,20,21). The van der Waals surface area contributed by atoms with Crippen LogP contribution in [0.3, 0.4) is 0 Å². The van der Waals surface area contributed by atoms with E-state index in [9.17, 15) is 4.79 Å². The molecule has 21 heavy (non-hydrogen) atoms. The van der Waals surface area contributed by atoms with Gasteiger partial charge in [0.1, 0.15) is 5.82 Å². The number of aromatic nitrogens is 2. The van der Waals surface area contributed by atoms with Crippen LogP contribution in [0.4, 0.5) is 5.69 Å². The fourth-order valence-electron chi connectivity index (χ4n) is 2.34. The Morgan fingerprint density at radius 3 is 2.76 bits per heavy atom. The van der Waals surface area contributed by atoms with Crippen molar-refractivity contribution in [3.63, 3.8) is 0 Å². The van der Waals surface area contributed by atoms with Crippen LogP contribution in [-0.4, -0.2) is 9.97 Å². The van der Waals surface area contributed by atoms with E-state index in [4.69, 9.17) is 0 Å². The Morgan fingerprint density at radius 2 is 1.90 bits per heavy atom. The predicted molar refractivity (Wildman–Crippen MR) is 85.6 cm³/mol. The minimum Gasteiger partial charge on any atom is -0.378 e. The summed E-state index contributed by atoms with van der Waals surface area (Å²) >= 11 is 0. The monoisotopic (exact) mass is 279 g/mol. The molecule has 0 saturated heterocycles. The minimum atomic E-state index is -0.0987. The molecule has 0 aliphatic carbocycles. The molecular formula is C17H17N3O. The molecule has 0 saturated carbocycles. The van der Waals surface area contributed by atoms with E-state index in [2.05, 4.69) is 35.2 Å². The predicted octanol–water partition coefficient (Wildman–Crippen LogP) is 3.15. The number of H-pyrrole nitrogens is 1. The maximum atomic E-state index is 12.0. The average Bonchev–Trinajstić information content (AvgIpc) is 2.49. The van der Waals surface area contributed by atoms with Gasteiger partial charge in [0.25, 0.3) is 5.56 Å². The normalized spacial score (nSPS) is 10.8. The summed E-state index contributed by atoms with van der Waals surface area (Å²) < 4.78 is 0. The van der Waals surface area contributed by atoms with E-state index in [0.29, 0.717) is 17.8 Å². The van der Waals surface area contributed by atoms with Gasteiger partial charge in [0.2, 0.25) is 0 Å². The smallest absolute Gasteiger partial charge is 0.258 e. The highest BCUT2D eigenvalue weighted by atomic mass is 16.1. The zero-order chi connectivity index (χ0) is 14.8. The van der Waals surface area contributed by atoms with Gasteiger partial charge in [-0.15, -0.1) is 0 Å². The molecule has 0 bridgehead atoms. The second-order valence-electron chi connectivity index (χ2n) is 5.13. The molecule has 1 heterocycles. The first-order valence-electron chi connectivity index (χ1n) is 6.93. The number of nitrogens with zero attached hydrogens (tertiary/aromatic N) is 1. The Balaban J connectivity index is 1.89. The van der Waals surface area contributed by atoms with Crippen LogP contribution in [0.5, 0.6) is 0 Å². The Kier molecular flexibility index (Phi) is 3.44. The van der Waals surface area contributed by atoms with Crippen LogP contribution < -0.4 is 10.9 Å². The molecule has 0 unspecified atom stereocenters. The molecular weight excluding hydrogens is 262 g/mol. The van der Waals surface area contributed by atoms with Gasteiger partial charge in [-0.3, -0.25) is 4.79 Å². The van der Waals surface area contributed by atoms with Gasteiger partial charge >= 0.3 is 0 Å². The third-order valence-electron chi connectivity index (χ3n) is 3.71. The molecule has 3 rings (SSSR count). The molecule has 2 aromatic carbocycles. The Bertz CT molecular complexity index is 852. The van der Waals surface area contributed by atoms with Crippen LogP contribution in [0.2, 0.25) is 0 Å².